The van der Waals surface area contributed by atoms with Crippen molar-refractivity contribution in [3.63, 3.8) is 0 Å². The van der Waals surface area contributed by atoms with Crippen LogP contribution in [0.25, 0.3) is 0 Å². The molecule has 0 radical (unpaired) electrons. The number of ether oxygens (including phenoxy) is 1. The van der Waals surface area contributed by atoms with Crippen molar-refractivity contribution in [1.82, 2.24) is 0 Å². The quantitative estimate of drug-likeness (QED) is 0.361. The lowest BCUT2D eigenvalue weighted by atomic mass is 9.78. The Bertz CT molecular complexity index is 1230. The molecule has 0 spiro atoms. The normalized spacial score (nSPS) is 16.6. The van der Waals surface area contributed by atoms with Gasteiger partial charge in [-0.05, 0) is 48.9 Å². The lowest BCUT2D eigenvalue weighted by molar-refractivity contribution is 0.0250. The molecule has 0 N–H and O–H groups in total. The molecule has 5 heteroatoms. The van der Waals surface area contributed by atoms with Gasteiger partial charge < -0.3 is 19.4 Å². The van der Waals surface area contributed by atoms with Crippen LogP contribution in [0.5, 0.6) is 0 Å². The van der Waals surface area contributed by atoms with Gasteiger partial charge in [0.1, 0.15) is 0 Å². The molecule has 176 valence electrons. The van der Waals surface area contributed by atoms with Crippen LogP contribution in [-0.2, 0) is 10.3 Å². The smallest absolute Gasteiger partial charge is 0.340 e. The van der Waals surface area contributed by atoms with Gasteiger partial charge >= 0.3 is 5.97 Å². The molecule has 5 nitrogen and oxygen atoms in total. The highest BCUT2D eigenvalue weighted by molar-refractivity contribution is 5.97. The van der Waals surface area contributed by atoms with Gasteiger partial charge in [0.15, 0.2) is 5.60 Å². The number of likely N-dealkylation sites (N-methyl/N-ethyl adjacent to an activating group) is 1. The number of hydrogen-bond acceptors (Lipinski definition) is 5. The van der Waals surface area contributed by atoms with Crippen LogP contribution in [0.1, 0.15) is 32.6 Å². The molecule has 0 aliphatic carbocycles. The van der Waals surface area contributed by atoms with Gasteiger partial charge in [0.2, 0.25) is 0 Å². The molecular formula is C29H33N3O2. The first-order valence-corrected chi connectivity index (χ1v) is 11.4. The molecule has 1 aliphatic rings. The molecule has 0 bridgehead atoms. The van der Waals surface area contributed by atoms with Crippen LogP contribution in [0.2, 0.25) is 0 Å². The third kappa shape index (κ3) is 3.81. The van der Waals surface area contributed by atoms with Crippen molar-refractivity contribution in [3.05, 3.63) is 101 Å². The van der Waals surface area contributed by atoms with E-state index in [4.69, 9.17) is 4.74 Å². The zero-order valence-electron chi connectivity index (χ0n) is 20.9. The molecule has 4 rings (SSSR count). The molecule has 1 aliphatic heterocycles. The van der Waals surface area contributed by atoms with Crippen LogP contribution in [0.4, 0.5) is 17.1 Å². The van der Waals surface area contributed by atoms with Crippen LogP contribution in [-0.4, -0.2) is 47.8 Å². The van der Waals surface area contributed by atoms with Gasteiger partial charge in [-0.25, -0.2) is 4.79 Å². The molecule has 0 saturated heterocycles. The number of carbonyl (C=O) groups is 1. The predicted octanol–water partition coefficient (Wildman–Crippen LogP) is 5.21. The Morgan fingerprint density at radius 2 is 1.41 bits per heavy atom. The number of hydrogen-bond donors (Lipinski definition) is 0. The van der Waals surface area contributed by atoms with E-state index >= 15 is 0 Å². The molecule has 1 atom stereocenters. The van der Waals surface area contributed by atoms with E-state index in [0.29, 0.717) is 5.56 Å². The number of fused-ring (bicyclic) bond motifs is 1. The summed E-state index contributed by atoms with van der Waals surface area (Å²) in [4.78, 5) is 19.5. The summed E-state index contributed by atoms with van der Waals surface area (Å²) in [7, 11) is 10.0. The molecular weight excluding hydrogens is 422 g/mol. The summed E-state index contributed by atoms with van der Waals surface area (Å²) < 4.78 is 6.35. The zero-order chi connectivity index (χ0) is 24.6. The van der Waals surface area contributed by atoms with Crippen molar-refractivity contribution in [3.8, 4) is 0 Å². The topological polar surface area (TPSA) is 36.0 Å². The Morgan fingerprint density at radius 3 is 2.00 bits per heavy atom. The maximum absolute atomic E-state index is 13.3. The van der Waals surface area contributed by atoms with Crippen molar-refractivity contribution >= 4 is 23.0 Å². The number of nitrogens with zero attached hydrogens (tertiary/aromatic N) is 3. The molecule has 34 heavy (non-hydrogen) atoms. The molecule has 3 aromatic rings. The molecule has 3 aromatic carbocycles. The second kappa shape index (κ2) is 8.90. The summed E-state index contributed by atoms with van der Waals surface area (Å²) in [5.41, 5.74) is 6.56. The number of cyclic esters (lactones) is 1. The van der Waals surface area contributed by atoms with E-state index in [-0.39, 0.29) is 5.97 Å². The average Bonchev–Trinajstić information content (AvgIpc) is 3.11. The number of esters is 1. The van der Waals surface area contributed by atoms with Crippen molar-refractivity contribution in [2.45, 2.75) is 12.5 Å². The Labute approximate surface area is 202 Å². The number of rotatable bonds is 7. The lowest BCUT2D eigenvalue weighted by Gasteiger charge is -2.33. The molecule has 0 saturated carbocycles. The first-order valence-electron chi connectivity index (χ1n) is 11.4. The first kappa shape index (κ1) is 23.4. The van der Waals surface area contributed by atoms with Crippen LogP contribution < -0.4 is 14.7 Å². The van der Waals surface area contributed by atoms with Crippen LogP contribution in [0.15, 0.2) is 73.3 Å². The Kier molecular flexibility index (Phi) is 6.13. The second-order valence-corrected chi connectivity index (χ2v) is 9.30. The minimum absolute atomic E-state index is 0.303. The molecule has 1 unspecified atom stereocenters. The van der Waals surface area contributed by atoms with Gasteiger partial charge in [0.25, 0.3) is 0 Å². The SMILES string of the molecule is C=CCN(C)c1ccc(C2(c3ccc(N(C)C)cc3)OC(=O)c3cc(N(C)C)ccc32)c(C)c1. The fourth-order valence-electron chi connectivity index (χ4n) is 4.68. The number of benzene rings is 3. The van der Waals surface area contributed by atoms with Gasteiger partial charge in [-0.3, -0.25) is 0 Å². The van der Waals surface area contributed by atoms with Crippen LogP contribution >= 0.6 is 0 Å². The number of aryl methyl sites for hydroxylation is 1. The van der Waals surface area contributed by atoms with E-state index in [0.717, 1.165) is 45.9 Å². The fourth-order valence-corrected chi connectivity index (χ4v) is 4.68. The third-order valence-electron chi connectivity index (χ3n) is 6.59. The highest BCUT2D eigenvalue weighted by atomic mass is 16.6. The monoisotopic (exact) mass is 455 g/mol. The van der Waals surface area contributed by atoms with E-state index in [2.05, 4.69) is 65.8 Å². The maximum Gasteiger partial charge on any atom is 0.340 e. The first-order chi connectivity index (χ1) is 16.2. The minimum atomic E-state index is -1.01. The Morgan fingerprint density at radius 1 is 0.824 bits per heavy atom. The number of carbonyl (C=O) groups excluding carboxylic acids is 1. The van der Waals surface area contributed by atoms with Gasteiger partial charge in [-0.1, -0.05) is 30.3 Å². The van der Waals surface area contributed by atoms with E-state index in [1.54, 1.807) is 0 Å². The van der Waals surface area contributed by atoms with Gasteiger partial charge in [0, 0.05) is 75.5 Å². The molecule has 0 amide bonds. The van der Waals surface area contributed by atoms with Gasteiger partial charge in [-0.2, -0.15) is 0 Å². The Balaban J connectivity index is 1.95. The van der Waals surface area contributed by atoms with Crippen molar-refractivity contribution in [2.75, 3.05) is 56.5 Å². The lowest BCUT2D eigenvalue weighted by Crippen LogP contribution is -2.31. The summed E-state index contributed by atoms with van der Waals surface area (Å²) >= 11 is 0. The number of anilines is 3. The minimum Gasteiger partial charge on any atom is -0.441 e. The summed E-state index contributed by atoms with van der Waals surface area (Å²) in [6, 6.07) is 20.6. The summed E-state index contributed by atoms with van der Waals surface area (Å²) in [6.07, 6.45) is 1.88. The summed E-state index contributed by atoms with van der Waals surface area (Å²) in [6.45, 7) is 6.68. The standard InChI is InChI=1S/C29H33N3O2/c1-8-17-32(7)24-14-15-26(20(2)18-24)29(21-9-11-22(12-10-21)30(3)4)27-16-13-23(31(5)6)19-25(27)28(33)34-29/h8-16,18-19H,1,17H2,2-7H3. The van der Waals surface area contributed by atoms with E-state index in [1.165, 1.54) is 0 Å². The predicted molar refractivity (Wildman–Crippen MR) is 141 cm³/mol. The van der Waals surface area contributed by atoms with Crippen molar-refractivity contribution in [1.29, 1.82) is 0 Å². The van der Waals surface area contributed by atoms with Crippen LogP contribution in [0, 0.1) is 6.92 Å². The second-order valence-electron chi connectivity index (χ2n) is 9.30. The van der Waals surface area contributed by atoms with E-state index < -0.39 is 5.60 Å². The van der Waals surface area contributed by atoms with E-state index in [1.807, 2.05) is 64.4 Å². The third-order valence-corrected chi connectivity index (χ3v) is 6.59. The summed E-state index contributed by atoms with van der Waals surface area (Å²) in [5.74, 6) is -0.303. The fraction of sp³-hybridized carbons (Fsp3) is 0.276. The Hall–Kier alpha value is -3.73. The van der Waals surface area contributed by atoms with Crippen molar-refractivity contribution in [2.24, 2.45) is 0 Å². The molecule has 0 fully saturated rings. The average molecular weight is 456 g/mol. The summed E-state index contributed by atoms with van der Waals surface area (Å²) in [5, 5.41) is 0. The van der Waals surface area contributed by atoms with Crippen molar-refractivity contribution < 1.29 is 9.53 Å². The van der Waals surface area contributed by atoms with Gasteiger partial charge in [0.05, 0.1) is 5.56 Å². The van der Waals surface area contributed by atoms with E-state index in [9.17, 15) is 4.79 Å². The van der Waals surface area contributed by atoms with Crippen LogP contribution in [0.3, 0.4) is 0 Å². The largest absolute Gasteiger partial charge is 0.441 e. The molecule has 0 aromatic heterocycles. The van der Waals surface area contributed by atoms with Gasteiger partial charge in [-0.15, -0.1) is 6.58 Å². The highest BCUT2D eigenvalue weighted by Gasteiger charge is 2.49. The maximum atomic E-state index is 13.3. The molecule has 1 heterocycles. The highest BCUT2D eigenvalue weighted by Crippen LogP contribution is 2.49. The zero-order valence-corrected chi connectivity index (χ0v) is 20.9.